The van der Waals surface area contributed by atoms with Gasteiger partial charge in [-0.3, -0.25) is 4.40 Å². The van der Waals surface area contributed by atoms with Gasteiger partial charge in [0.1, 0.15) is 6.61 Å². The predicted molar refractivity (Wildman–Crippen MR) is 61.4 cm³/mol. The summed E-state index contributed by atoms with van der Waals surface area (Å²) in [5.41, 5.74) is 1.51. The summed E-state index contributed by atoms with van der Waals surface area (Å²) in [5, 5.41) is 18.7. The SMILES string of the molecule is OCc1nnc2ccc3cccc(Cl)c3n12. The van der Waals surface area contributed by atoms with Crippen LogP contribution in [0.3, 0.4) is 0 Å². The molecule has 0 aliphatic carbocycles. The van der Waals surface area contributed by atoms with Crippen LogP contribution in [-0.2, 0) is 6.61 Å². The largest absolute Gasteiger partial charge is 0.388 e. The molecule has 0 amide bonds. The number of aliphatic hydroxyl groups excluding tert-OH is 1. The Hall–Kier alpha value is -1.65. The van der Waals surface area contributed by atoms with E-state index in [0.29, 0.717) is 16.5 Å². The highest BCUT2D eigenvalue weighted by atomic mass is 35.5. The Kier molecular flexibility index (Phi) is 2.05. The third-order valence-corrected chi connectivity index (χ3v) is 2.86. The zero-order valence-electron chi connectivity index (χ0n) is 8.26. The summed E-state index contributed by atoms with van der Waals surface area (Å²) in [6.07, 6.45) is 0. The first kappa shape index (κ1) is 9.57. The maximum atomic E-state index is 9.21. The minimum Gasteiger partial charge on any atom is -0.388 e. The van der Waals surface area contributed by atoms with Crippen molar-refractivity contribution in [3.63, 3.8) is 0 Å². The van der Waals surface area contributed by atoms with Crippen molar-refractivity contribution in [3.8, 4) is 0 Å². The molecule has 4 nitrogen and oxygen atoms in total. The quantitative estimate of drug-likeness (QED) is 0.700. The zero-order chi connectivity index (χ0) is 11.1. The fourth-order valence-corrected chi connectivity index (χ4v) is 2.12. The fourth-order valence-electron chi connectivity index (χ4n) is 1.85. The average Bonchev–Trinajstić information content (AvgIpc) is 2.72. The van der Waals surface area contributed by atoms with Gasteiger partial charge >= 0.3 is 0 Å². The molecule has 16 heavy (non-hydrogen) atoms. The van der Waals surface area contributed by atoms with Crippen molar-refractivity contribution in [2.45, 2.75) is 6.61 Å². The number of fused-ring (bicyclic) bond motifs is 3. The molecule has 0 saturated heterocycles. The summed E-state index contributed by atoms with van der Waals surface area (Å²) in [4.78, 5) is 0. The predicted octanol–water partition coefficient (Wildman–Crippen LogP) is 2.03. The lowest BCUT2D eigenvalue weighted by molar-refractivity contribution is 0.270. The maximum Gasteiger partial charge on any atom is 0.163 e. The molecule has 0 atom stereocenters. The molecule has 0 unspecified atom stereocenters. The average molecular weight is 234 g/mol. The highest BCUT2D eigenvalue weighted by Gasteiger charge is 2.09. The first-order valence-electron chi connectivity index (χ1n) is 4.83. The molecular weight excluding hydrogens is 226 g/mol. The van der Waals surface area contributed by atoms with E-state index in [1.165, 1.54) is 0 Å². The Morgan fingerprint density at radius 1 is 1.19 bits per heavy atom. The van der Waals surface area contributed by atoms with Crippen LogP contribution in [0.2, 0.25) is 5.02 Å². The molecule has 5 heteroatoms. The Bertz CT molecular complexity index is 677. The number of hydrogen-bond donors (Lipinski definition) is 1. The van der Waals surface area contributed by atoms with Gasteiger partial charge in [0.25, 0.3) is 0 Å². The van der Waals surface area contributed by atoms with Crippen LogP contribution in [0.1, 0.15) is 5.82 Å². The van der Waals surface area contributed by atoms with E-state index in [0.717, 1.165) is 10.9 Å². The van der Waals surface area contributed by atoms with Gasteiger partial charge in [-0.05, 0) is 18.2 Å². The summed E-state index contributed by atoms with van der Waals surface area (Å²) in [6, 6.07) is 9.45. The highest BCUT2D eigenvalue weighted by Crippen LogP contribution is 2.24. The van der Waals surface area contributed by atoms with Gasteiger partial charge in [-0.2, -0.15) is 0 Å². The van der Waals surface area contributed by atoms with E-state index >= 15 is 0 Å². The molecule has 0 spiro atoms. The molecular formula is C11H8ClN3O. The lowest BCUT2D eigenvalue weighted by Gasteiger charge is -2.04. The second-order valence-electron chi connectivity index (χ2n) is 3.48. The topological polar surface area (TPSA) is 50.4 Å². The lowest BCUT2D eigenvalue weighted by atomic mass is 10.2. The molecule has 2 heterocycles. The first-order valence-corrected chi connectivity index (χ1v) is 5.21. The van der Waals surface area contributed by atoms with Crippen molar-refractivity contribution in [3.05, 3.63) is 41.2 Å². The lowest BCUT2D eigenvalue weighted by Crippen LogP contribution is -1.96. The van der Waals surface area contributed by atoms with Crippen molar-refractivity contribution in [2.75, 3.05) is 0 Å². The van der Waals surface area contributed by atoms with Gasteiger partial charge in [-0.1, -0.05) is 23.7 Å². The van der Waals surface area contributed by atoms with Gasteiger partial charge in [-0.15, -0.1) is 10.2 Å². The standard InChI is InChI=1S/C11H8ClN3O/c12-8-3-1-2-7-4-5-9-13-14-10(6-16)15(9)11(7)8/h1-5,16H,6H2. The van der Waals surface area contributed by atoms with E-state index in [2.05, 4.69) is 10.2 Å². The number of para-hydroxylation sites is 1. The van der Waals surface area contributed by atoms with E-state index in [4.69, 9.17) is 11.6 Å². The first-order chi connectivity index (χ1) is 7.81. The van der Waals surface area contributed by atoms with Gasteiger partial charge in [0.15, 0.2) is 11.5 Å². The number of benzene rings is 1. The van der Waals surface area contributed by atoms with Crippen molar-refractivity contribution in [2.24, 2.45) is 0 Å². The second-order valence-corrected chi connectivity index (χ2v) is 3.89. The minimum atomic E-state index is -0.161. The molecule has 0 radical (unpaired) electrons. The molecule has 0 aliphatic rings. The normalized spacial score (nSPS) is 11.4. The number of hydrogen-bond acceptors (Lipinski definition) is 3. The zero-order valence-corrected chi connectivity index (χ0v) is 9.02. The molecule has 1 aromatic carbocycles. The van der Waals surface area contributed by atoms with Gasteiger partial charge < -0.3 is 5.11 Å². The van der Waals surface area contributed by atoms with E-state index in [-0.39, 0.29) is 6.61 Å². The molecule has 0 bridgehead atoms. The molecule has 3 aromatic rings. The molecule has 2 aromatic heterocycles. The monoisotopic (exact) mass is 233 g/mol. The summed E-state index contributed by atoms with van der Waals surface area (Å²) >= 11 is 6.16. The van der Waals surface area contributed by atoms with Crippen LogP contribution in [0.25, 0.3) is 16.6 Å². The van der Waals surface area contributed by atoms with Gasteiger partial charge in [0.05, 0.1) is 10.5 Å². The molecule has 80 valence electrons. The number of nitrogens with zero attached hydrogens (tertiary/aromatic N) is 3. The third kappa shape index (κ3) is 1.20. The Balaban J connectivity index is 2.60. The van der Waals surface area contributed by atoms with E-state index in [1.807, 2.05) is 30.3 Å². The Morgan fingerprint density at radius 3 is 2.88 bits per heavy atom. The maximum absolute atomic E-state index is 9.21. The van der Waals surface area contributed by atoms with Crippen molar-refractivity contribution < 1.29 is 5.11 Å². The van der Waals surface area contributed by atoms with Crippen LogP contribution in [0.4, 0.5) is 0 Å². The number of aromatic nitrogens is 3. The summed E-state index contributed by atoms with van der Waals surface area (Å²) in [5.74, 6) is 0.494. The van der Waals surface area contributed by atoms with Crippen LogP contribution in [-0.4, -0.2) is 19.7 Å². The minimum absolute atomic E-state index is 0.161. The van der Waals surface area contributed by atoms with Gasteiger partial charge in [0.2, 0.25) is 0 Å². The molecule has 1 N–H and O–H groups in total. The third-order valence-electron chi connectivity index (χ3n) is 2.55. The Labute approximate surface area is 96.1 Å². The fraction of sp³-hybridized carbons (Fsp3) is 0.0909. The van der Waals surface area contributed by atoms with Crippen LogP contribution in [0, 0.1) is 0 Å². The van der Waals surface area contributed by atoms with Crippen molar-refractivity contribution >= 4 is 28.2 Å². The van der Waals surface area contributed by atoms with E-state index < -0.39 is 0 Å². The van der Waals surface area contributed by atoms with E-state index in [1.54, 1.807) is 4.40 Å². The second kappa shape index (κ2) is 3.43. The van der Waals surface area contributed by atoms with Gasteiger partial charge in [0, 0.05) is 5.39 Å². The summed E-state index contributed by atoms with van der Waals surface area (Å²) in [7, 11) is 0. The van der Waals surface area contributed by atoms with Crippen LogP contribution in [0.15, 0.2) is 30.3 Å². The summed E-state index contributed by atoms with van der Waals surface area (Å²) < 4.78 is 1.78. The van der Waals surface area contributed by atoms with Crippen LogP contribution >= 0.6 is 11.6 Å². The number of pyridine rings is 1. The number of halogens is 1. The van der Waals surface area contributed by atoms with Crippen LogP contribution < -0.4 is 0 Å². The number of aliphatic hydroxyl groups is 1. The van der Waals surface area contributed by atoms with E-state index in [9.17, 15) is 5.11 Å². The van der Waals surface area contributed by atoms with Gasteiger partial charge in [-0.25, -0.2) is 0 Å². The molecule has 0 fully saturated rings. The molecule has 0 saturated carbocycles. The van der Waals surface area contributed by atoms with Crippen molar-refractivity contribution in [1.29, 1.82) is 0 Å². The molecule has 0 aliphatic heterocycles. The van der Waals surface area contributed by atoms with Crippen LogP contribution in [0.5, 0.6) is 0 Å². The Morgan fingerprint density at radius 2 is 2.06 bits per heavy atom. The molecule has 3 rings (SSSR count). The highest BCUT2D eigenvalue weighted by molar-refractivity contribution is 6.35. The number of rotatable bonds is 1. The summed E-state index contributed by atoms with van der Waals surface area (Å²) in [6.45, 7) is -0.161. The smallest absolute Gasteiger partial charge is 0.163 e. The van der Waals surface area contributed by atoms with Crippen molar-refractivity contribution in [1.82, 2.24) is 14.6 Å².